The largest absolute Gasteiger partial charge is 0.367 e. The normalized spacial score (nSPS) is 14.2. The molecule has 0 aliphatic carbocycles. The lowest BCUT2D eigenvalue weighted by molar-refractivity contribution is 0.0984. The highest BCUT2D eigenvalue weighted by atomic mass is 16.1. The fraction of sp³-hybridized carbons (Fsp3) is 0.222. The van der Waals surface area contributed by atoms with Crippen LogP contribution in [0.2, 0.25) is 0 Å². The second kappa shape index (κ2) is 5.80. The zero-order valence-electron chi connectivity index (χ0n) is 11.7. The van der Waals surface area contributed by atoms with E-state index in [0.717, 1.165) is 36.3 Å². The Morgan fingerprint density at radius 3 is 2.62 bits per heavy atom. The van der Waals surface area contributed by atoms with Crippen molar-refractivity contribution in [2.24, 2.45) is 0 Å². The minimum absolute atomic E-state index is 0.230. The molecule has 0 radical (unpaired) electrons. The van der Waals surface area contributed by atoms with Gasteiger partial charge in [0.1, 0.15) is 0 Å². The molecule has 2 aromatic carbocycles. The van der Waals surface area contributed by atoms with Crippen molar-refractivity contribution >= 4 is 11.5 Å². The number of Topliss-reactive ketones (excluding diaryl/α,β-unsaturated/α-hetero) is 1. The summed E-state index contributed by atoms with van der Waals surface area (Å²) in [7, 11) is 0. The summed E-state index contributed by atoms with van der Waals surface area (Å²) in [5, 5.41) is 8.85. The summed E-state index contributed by atoms with van der Waals surface area (Å²) in [5.41, 5.74) is 3.66. The van der Waals surface area contributed by atoms with Crippen LogP contribution in [0.1, 0.15) is 34.3 Å². The molecule has 21 heavy (non-hydrogen) atoms. The molecule has 0 atom stereocenters. The molecule has 0 saturated heterocycles. The van der Waals surface area contributed by atoms with Gasteiger partial charge in [-0.05, 0) is 36.2 Å². The first-order chi connectivity index (χ1) is 10.3. The molecule has 0 N–H and O–H groups in total. The lowest BCUT2D eigenvalue weighted by Gasteiger charge is -2.24. The number of anilines is 1. The molecule has 3 nitrogen and oxygen atoms in total. The maximum Gasteiger partial charge on any atom is 0.165 e. The lowest BCUT2D eigenvalue weighted by atomic mass is 10.1. The minimum atomic E-state index is 0.230. The highest BCUT2D eigenvalue weighted by Gasteiger charge is 2.20. The Morgan fingerprint density at radius 1 is 1.10 bits per heavy atom. The Labute approximate surface area is 124 Å². The summed E-state index contributed by atoms with van der Waals surface area (Å²) in [6, 6.07) is 17.6. The second-order valence-corrected chi connectivity index (χ2v) is 5.27. The van der Waals surface area contributed by atoms with Crippen LogP contribution in [0.5, 0.6) is 0 Å². The quantitative estimate of drug-likeness (QED) is 0.842. The molecule has 0 unspecified atom stereocenters. The van der Waals surface area contributed by atoms with E-state index in [1.165, 1.54) is 0 Å². The van der Waals surface area contributed by atoms with Crippen LogP contribution in [0.15, 0.2) is 48.5 Å². The van der Waals surface area contributed by atoms with Gasteiger partial charge in [-0.3, -0.25) is 4.79 Å². The van der Waals surface area contributed by atoms with Crippen molar-refractivity contribution in [3.63, 3.8) is 0 Å². The number of fused-ring (bicyclic) bond motifs is 1. The molecule has 1 aliphatic heterocycles. The number of para-hydroxylation sites is 1. The molecule has 3 rings (SSSR count). The lowest BCUT2D eigenvalue weighted by Crippen LogP contribution is -2.23. The molecule has 0 spiro atoms. The van der Waals surface area contributed by atoms with Gasteiger partial charge in [-0.15, -0.1) is 0 Å². The molecule has 3 heteroatoms. The fourth-order valence-electron chi connectivity index (χ4n) is 2.74. The number of nitriles is 1. The van der Waals surface area contributed by atoms with E-state index in [4.69, 9.17) is 5.26 Å². The average molecular weight is 276 g/mol. The van der Waals surface area contributed by atoms with Crippen LogP contribution in [0.25, 0.3) is 0 Å². The molecule has 104 valence electrons. The number of hydrogen-bond donors (Lipinski definition) is 0. The van der Waals surface area contributed by atoms with Crippen LogP contribution in [-0.2, 0) is 6.54 Å². The second-order valence-electron chi connectivity index (χ2n) is 5.27. The summed E-state index contributed by atoms with van der Waals surface area (Å²) in [5.74, 6) is 0.230. The van der Waals surface area contributed by atoms with Gasteiger partial charge in [0, 0.05) is 30.8 Å². The van der Waals surface area contributed by atoms with Gasteiger partial charge in [0.05, 0.1) is 11.6 Å². The summed E-state index contributed by atoms with van der Waals surface area (Å²) < 4.78 is 0. The number of ketones is 1. The van der Waals surface area contributed by atoms with Crippen LogP contribution in [0, 0.1) is 11.3 Å². The number of rotatable bonds is 2. The van der Waals surface area contributed by atoms with Gasteiger partial charge in [0.2, 0.25) is 0 Å². The first kappa shape index (κ1) is 13.4. The van der Waals surface area contributed by atoms with E-state index >= 15 is 0 Å². The van der Waals surface area contributed by atoms with Gasteiger partial charge in [-0.25, -0.2) is 0 Å². The van der Waals surface area contributed by atoms with Crippen LogP contribution in [0.4, 0.5) is 5.69 Å². The van der Waals surface area contributed by atoms with Crippen molar-refractivity contribution in [1.29, 1.82) is 5.26 Å². The number of nitrogens with zero attached hydrogens (tertiary/aromatic N) is 2. The van der Waals surface area contributed by atoms with E-state index in [1.807, 2.05) is 48.5 Å². The van der Waals surface area contributed by atoms with Crippen LogP contribution in [0.3, 0.4) is 0 Å². The number of carbonyl (C=O) groups is 1. The third-order valence-corrected chi connectivity index (χ3v) is 3.83. The maximum absolute atomic E-state index is 12.1. The number of benzene rings is 2. The third kappa shape index (κ3) is 2.80. The molecule has 0 fully saturated rings. The number of hydrogen-bond acceptors (Lipinski definition) is 3. The van der Waals surface area contributed by atoms with Crippen molar-refractivity contribution in [2.45, 2.75) is 19.4 Å². The summed E-state index contributed by atoms with van der Waals surface area (Å²) in [4.78, 5) is 14.4. The van der Waals surface area contributed by atoms with Gasteiger partial charge < -0.3 is 4.90 Å². The molecule has 1 heterocycles. The highest BCUT2D eigenvalue weighted by Crippen LogP contribution is 2.27. The average Bonchev–Trinajstić information content (AvgIpc) is 2.69. The Morgan fingerprint density at radius 2 is 1.86 bits per heavy atom. The Bertz CT molecular complexity index is 698. The topological polar surface area (TPSA) is 44.1 Å². The molecule has 1 aliphatic rings. The molecule has 0 saturated carbocycles. The molecule has 2 aromatic rings. The van der Waals surface area contributed by atoms with Crippen molar-refractivity contribution in [1.82, 2.24) is 0 Å². The van der Waals surface area contributed by atoms with E-state index in [2.05, 4.69) is 11.0 Å². The molecule has 0 bridgehead atoms. The van der Waals surface area contributed by atoms with Crippen molar-refractivity contribution in [3.8, 4) is 6.07 Å². The van der Waals surface area contributed by atoms with Crippen molar-refractivity contribution < 1.29 is 4.79 Å². The third-order valence-electron chi connectivity index (χ3n) is 3.83. The standard InChI is InChI=1S/C18H16N2O/c19-12-14-7-9-15(10-8-14)13-20-11-3-6-18(21)16-4-1-2-5-17(16)20/h1-2,4-5,7-10H,3,6,11,13H2. The van der Waals surface area contributed by atoms with Gasteiger partial charge in [0.25, 0.3) is 0 Å². The maximum atomic E-state index is 12.1. The molecule has 0 aromatic heterocycles. The molecular weight excluding hydrogens is 260 g/mol. The van der Waals surface area contributed by atoms with Crippen LogP contribution in [-0.4, -0.2) is 12.3 Å². The van der Waals surface area contributed by atoms with E-state index in [1.54, 1.807) is 0 Å². The molecular formula is C18H16N2O. The van der Waals surface area contributed by atoms with Gasteiger partial charge in [-0.1, -0.05) is 24.3 Å². The van der Waals surface area contributed by atoms with Crippen molar-refractivity contribution in [2.75, 3.05) is 11.4 Å². The van der Waals surface area contributed by atoms with E-state index < -0.39 is 0 Å². The minimum Gasteiger partial charge on any atom is -0.367 e. The van der Waals surface area contributed by atoms with E-state index in [-0.39, 0.29) is 5.78 Å². The summed E-state index contributed by atoms with van der Waals surface area (Å²) in [6.07, 6.45) is 1.49. The van der Waals surface area contributed by atoms with Gasteiger partial charge >= 0.3 is 0 Å². The predicted molar refractivity (Wildman–Crippen MR) is 82.2 cm³/mol. The van der Waals surface area contributed by atoms with Crippen LogP contribution >= 0.6 is 0 Å². The molecule has 0 amide bonds. The monoisotopic (exact) mass is 276 g/mol. The zero-order valence-corrected chi connectivity index (χ0v) is 11.7. The first-order valence-corrected chi connectivity index (χ1v) is 7.14. The van der Waals surface area contributed by atoms with Gasteiger partial charge in [0.15, 0.2) is 5.78 Å². The van der Waals surface area contributed by atoms with Crippen molar-refractivity contribution in [3.05, 3.63) is 65.2 Å². The van der Waals surface area contributed by atoms with Gasteiger partial charge in [-0.2, -0.15) is 5.26 Å². The van der Waals surface area contributed by atoms with E-state index in [0.29, 0.717) is 12.0 Å². The Balaban J connectivity index is 1.89. The smallest absolute Gasteiger partial charge is 0.165 e. The summed E-state index contributed by atoms with van der Waals surface area (Å²) >= 11 is 0. The first-order valence-electron chi connectivity index (χ1n) is 7.14. The number of carbonyl (C=O) groups excluding carboxylic acids is 1. The predicted octanol–water partition coefficient (Wildman–Crippen LogP) is 3.54. The zero-order chi connectivity index (χ0) is 14.7. The summed E-state index contributed by atoms with van der Waals surface area (Å²) in [6.45, 7) is 1.64. The fourth-order valence-corrected chi connectivity index (χ4v) is 2.74. The van der Waals surface area contributed by atoms with Crippen LogP contribution < -0.4 is 4.90 Å². The Hall–Kier alpha value is -2.60. The Kier molecular flexibility index (Phi) is 3.70. The van der Waals surface area contributed by atoms with E-state index in [9.17, 15) is 4.79 Å². The highest BCUT2D eigenvalue weighted by molar-refractivity contribution is 6.01. The SMILES string of the molecule is N#Cc1ccc(CN2CCCC(=O)c3ccccc32)cc1.